The zero-order valence-corrected chi connectivity index (χ0v) is 63.7. The molecule has 4 fully saturated rings. The molecule has 26 heteroatoms. The number of amides is 3. The summed E-state index contributed by atoms with van der Waals surface area (Å²) in [5.41, 5.74) is 2.11. The number of anilines is 3. The van der Waals surface area contributed by atoms with E-state index in [0.717, 1.165) is 126 Å². The Hall–Kier alpha value is -9.50. The highest BCUT2D eigenvalue weighted by molar-refractivity contribution is 9.10. The number of nitrogens with one attached hydrogen (secondary N) is 2. The molecule has 4 aliphatic heterocycles. The first-order chi connectivity index (χ1) is 49.3. The van der Waals surface area contributed by atoms with Crippen LogP contribution in [0.2, 0.25) is 0 Å². The van der Waals surface area contributed by atoms with Gasteiger partial charge in [0.1, 0.15) is 92.0 Å². The number of benzene rings is 3. The van der Waals surface area contributed by atoms with Crippen molar-refractivity contribution in [3.8, 4) is 28.7 Å². The molecule has 0 spiro atoms. The third kappa shape index (κ3) is 31.7. The molecule has 4 aliphatic rings. The van der Waals surface area contributed by atoms with Gasteiger partial charge in [0.15, 0.2) is 0 Å². The number of halogens is 2. The fourth-order valence-electron chi connectivity index (χ4n) is 9.85. The minimum Gasteiger partial charge on any atom is -0.506 e. The summed E-state index contributed by atoms with van der Waals surface area (Å²) in [6.45, 7) is 31.1. The lowest BCUT2D eigenvalue weighted by atomic mass is 10.2. The summed E-state index contributed by atoms with van der Waals surface area (Å²) in [5, 5.41) is 24.7. The first-order valence-corrected chi connectivity index (χ1v) is 36.0. The van der Waals surface area contributed by atoms with Crippen molar-refractivity contribution in [3.05, 3.63) is 209 Å². The molecular formula is C77H99Br2N13O11. The molecule has 0 saturated carbocycles. The Labute approximate surface area is 622 Å². The highest BCUT2D eigenvalue weighted by atomic mass is 79.9. The van der Waals surface area contributed by atoms with Crippen LogP contribution in [0.25, 0.3) is 0 Å². The van der Waals surface area contributed by atoms with E-state index in [-0.39, 0.29) is 35.4 Å². The predicted octanol–water partition coefficient (Wildman–Crippen LogP) is 13.4. The van der Waals surface area contributed by atoms with Crippen molar-refractivity contribution in [2.24, 2.45) is 0 Å². The average Bonchev–Trinajstić information content (AvgIpc) is 0.854. The maximum Gasteiger partial charge on any atom is 0.410 e. The van der Waals surface area contributed by atoms with Crippen molar-refractivity contribution in [1.29, 1.82) is 0 Å². The van der Waals surface area contributed by atoms with E-state index in [2.05, 4.69) is 82.1 Å². The molecule has 552 valence electrons. The van der Waals surface area contributed by atoms with Gasteiger partial charge in [-0.2, -0.15) is 0 Å². The lowest BCUT2D eigenvalue weighted by Gasteiger charge is -2.36. The van der Waals surface area contributed by atoms with E-state index in [4.69, 9.17) is 33.5 Å². The number of pyridine rings is 5. The number of carbonyl (C=O) groups is 3. The third-order valence-corrected chi connectivity index (χ3v) is 16.0. The lowest BCUT2D eigenvalue weighted by Crippen LogP contribution is -2.50. The standard InChI is InChI=1S/C21H27N3O3.C14H21N3O3.2C12H10BrNO.C9H13N3O.C9H18N2O2/c1-21(2,3)27-20(25)24-13-11-23(12-14-24)19-10-9-18(15-22-19)26-16-17-7-5-4-6-8-17;1-14(2,3)20-13(19)17-8-6-16(7-9-17)12-5-4-11(18)10-15-12;2*13-12-7-6-11(8-14-12)15-9-10-4-2-1-3-5-10;13-8-1-2-9(11-7-8)12-5-3-10-4-6-12;1-9(2,3)13-8(12)11-6-4-10-5-7-11/h4-10,15H,11-14,16H2,1-3H3;4-5,10,18H,6-9H2,1-3H3;2*1-8H,9H2;1-2,7,10,13H,3-6H2;10H,4-7H2,1-3H3. The smallest absolute Gasteiger partial charge is 0.410 e. The van der Waals surface area contributed by atoms with E-state index in [1.165, 1.54) is 12.4 Å². The SMILES string of the molecule is Brc1ccc(OCc2ccccc2)cn1.Brc1ccc(OCc2ccccc2)cn1.CC(C)(C)OC(=O)N1CCN(c2ccc(O)cn2)CC1.CC(C)(C)OC(=O)N1CCN(c2ccc(OCc3ccccc3)cn2)CC1.CC(C)(C)OC(=O)N1CCNCC1.Oc1ccc(N2CCNCC2)nc1. The summed E-state index contributed by atoms with van der Waals surface area (Å²) in [6, 6.07) is 48.5. The molecule has 4 saturated heterocycles. The second-order valence-corrected chi connectivity index (χ2v) is 28.5. The van der Waals surface area contributed by atoms with Crippen LogP contribution in [0, 0.1) is 0 Å². The number of rotatable bonds is 12. The molecule has 0 atom stereocenters. The van der Waals surface area contributed by atoms with Crippen molar-refractivity contribution >= 4 is 67.6 Å². The Kier molecular flexibility index (Phi) is 32.6. The van der Waals surface area contributed by atoms with E-state index in [9.17, 15) is 19.5 Å². The second-order valence-electron chi connectivity index (χ2n) is 26.9. The Morgan fingerprint density at radius 1 is 0.359 bits per heavy atom. The largest absolute Gasteiger partial charge is 0.506 e. The van der Waals surface area contributed by atoms with Crippen molar-refractivity contribution in [2.75, 3.05) is 119 Å². The Morgan fingerprint density at radius 3 is 0.922 bits per heavy atom. The number of ether oxygens (including phenoxy) is 6. The number of nitrogens with zero attached hydrogens (tertiary/aromatic N) is 11. The van der Waals surface area contributed by atoms with Crippen LogP contribution in [0.5, 0.6) is 28.7 Å². The van der Waals surface area contributed by atoms with E-state index < -0.39 is 11.2 Å². The monoisotopic (exact) mass is 1540 g/mol. The molecule has 24 nitrogen and oxygen atoms in total. The van der Waals surface area contributed by atoms with Crippen molar-refractivity contribution in [3.63, 3.8) is 0 Å². The van der Waals surface area contributed by atoms with Gasteiger partial charge in [0.2, 0.25) is 0 Å². The summed E-state index contributed by atoms with van der Waals surface area (Å²) < 4.78 is 34.6. The molecule has 0 unspecified atom stereocenters. The van der Waals surface area contributed by atoms with Gasteiger partial charge in [-0.1, -0.05) is 91.0 Å². The van der Waals surface area contributed by atoms with Crippen molar-refractivity contribution in [2.45, 2.75) is 98.9 Å². The van der Waals surface area contributed by atoms with Crippen molar-refractivity contribution in [1.82, 2.24) is 50.3 Å². The molecule has 12 rings (SSSR count). The highest BCUT2D eigenvalue weighted by Crippen LogP contribution is 2.23. The van der Waals surface area contributed by atoms with E-state index >= 15 is 0 Å². The van der Waals surface area contributed by atoms with Gasteiger partial charge < -0.3 is 78.7 Å². The molecule has 0 radical (unpaired) electrons. The van der Waals surface area contributed by atoms with Gasteiger partial charge >= 0.3 is 18.3 Å². The summed E-state index contributed by atoms with van der Waals surface area (Å²) in [7, 11) is 0. The first kappa shape index (κ1) is 80.8. The zero-order chi connectivity index (χ0) is 74.0. The minimum absolute atomic E-state index is 0.154. The van der Waals surface area contributed by atoms with Crippen LogP contribution in [-0.4, -0.2) is 190 Å². The van der Waals surface area contributed by atoms with Crippen LogP contribution in [-0.2, 0) is 34.0 Å². The normalized spacial score (nSPS) is 14.4. The van der Waals surface area contributed by atoms with E-state index in [1.807, 2.05) is 196 Å². The van der Waals surface area contributed by atoms with E-state index in [1.54, 1.807) is 51.5 Å². The molecule has 0 bridgehead atoms. The fraction of sp³-hybridized carbons (Fsp3) is 0.403. The number of hydrogen-bond acceptors (Lipinski definition) is 21. The summed E-state index contributed by atoms with van der Waals surface area (Å²) in [5.74, 6) is 5.33. The van der Waals surface area contributed by atoms with Gasteiger partial charge in [-0.3, -0.25) is 0 Å². The molecule has 103 heavy (non-hydrogen) atoms. The van der Waals surface area contributed by atoms with E-state index in [0.29, 0.717) is 59.1 Å². The molecule has 3 amide bonds. The Balaban J connectivity index is 0.000000177. The number of carbonyl (C=O) groups excluding carboxylic acids is 3. The van der Waals surface area contributed by atoms with Crippen LogP contribution in [0.1, 0.15) is 79.0 Å². The van der Waals surface area contributed by atoms with Crippen LogP contribution < -0.4 is 39.5 Å². The summed E-state index contributed by atoms with van der Waals surface area (Å²) >= 11 is 6.55. The molecule has 5 aromatic heterocycles. The van der Waals surface area contributed by atoms with Crippen LogP contribution in [0.4, 0.5) is 31.8 Å². The van der Waals surface area contributed by atoms with Crippen LogP contribution in [0.15, 0.2) is 192 Å². The van der Waals surface area contributed by atoms with Gasteiger partial charge in [-0.25, -0.2) is 39.3 Å². The lowest BCUT2D eigenvalue weighted by molar-refractivity contribution is 0.0221. The number of aromatic hydroxyl groups is 2. The maximum atomic E-state index is 12.1. The van der Waals surface area contributed by atoms with Gasteiger partial charge in [0, 0.05) is 105 Å². The molecule has 8 aromatic rings. The molecule has 3 aromatic carbocycles. The van der Waals surface area contributed by atoms with Gasteiger partial charge in [0.25, 0.3) is 0 Å². The molecule has 0 aliphatic carbocycles. The van der Waals surface area contributed by atoms with Gasteiger partial charge in [-0.15, -0.1) is 0 Å². The Morgan fingerprint density at radius 2 is 0.641 bits per heavy atom. The number of aromatic nitrogens is 5. The van der Waals surface area contributed by atoms with Crippen molar-refractivity contribution < 1.29 is 53.0 Å². The fourth-order valence-corrected chi connectivity index (χ4v) is 10.3. The first-order valence-electron chi connectivity index (χ1n) is 34.4. The quantitative estimate of drug-likeness (QED) is 0.0655. The Bertz CT molecular complexity index is 3620. The predicted molar refractivity (Wildman–Crippen MR) is 408 cm³/mol. The van der Waals surface area contributed by atoms with Crippen LogP contribution in [0.3, 0.4) is 0 Å². The number of piperazine rings is 4. The molecular weight excluding hydrogens is 1440 g/mol. The number of hydrogen-bond donors (Lipinski definition) is 4. The van der Waals surface area contributed by atoms with Gasteiger partial charge in [0.05, 0.1) is 31.0 Å². The van der Waals surface area contributed by atoms with Gasteiger partial charge in [-0.05, 0) is 172 Å². The highest BCUT2D eigenvalue weighted by Gasteiger charge is 2.29. The molecule has 9 heterocycles. The summed E-state index contributed by atoms with van der Waals surface area (Å²) in [4.78, 5) is 68.2. The minimum atomic E-state index is -0.467. The maximum absolute atomic E-state index is 12.1. The molecule has 4 N–H and O–H groups in total. The third-order valence-electron chi connectivity index (χ3n) is 15.1. The topological polar surface area (TPSA) is 255 Å². The summed E-state index contributed by atoms with van der Waals surface area (Å²) in [6.07, 6.45) is 7.34. The van der Waals surface area contributed by atoms with Crippen LogP contribution >= 0.6 is 31.9 Å². The second kappa shape index (κ2) is 41.6. The average molecular weight is 1540 g/mol. The zero-order valence-electron chi connectivity index (χ0n) is 60.5.